The molecule has 0 bridgehead atoms. The van der Waals surface area contributed by atoms with Crippen molar-refractivity contribution in [3.63, 3.8) is 0 Å². The predicted octanol–water partition coefficient (Wildman–Crippen LogP) is 2.25. The first-order valence-electron chi connectivity index (χ1n) is 4.06. The minimum Gasteiger partial charge on any atom is -0.294 e. The van der Waals surface area contributed by atoms with Gasteiger partial charge in [0.1, 0.15) is 0 Å². The second-order valence-corrected chi connectivity index (χ2v) is 3.09. The molecule has 0 aromatic heterocycles. The van der Waals surface area contributed by atoms with Crippen molar-refractivity contribution in [3.8, 4) is 0 Å². The average molecular weight is 210 g/mol. The summed E-state index contributed by atoms with van der Waals surface area (Å²) in [5.41, 5.74) is 0.579. The third kappa shape index (κ3) is 3.13. The van der Waals surface area contributed by atoms with Gasteiger partial charge in [-0.15, -0.1) is 0 Å². The van der Waals surface area contributed by atoms with E-state index >= 15 is 0 Å². The van der Waals surface area contributed by atoms with E-state index in [9.17, 15) is 9.59 Å². The van der Waals surface area contributed by atoms with Crippen LogP contribution in [0.1, 0.15) is 16.8 Å². The Balaban J connectivity index is 2.60. The Morgan fingerprint density at radius 1 is 1.36 bits per heavy atom. The molecule has 0 aliphatic heterocycles. The van der Waals surface area contributed by atoms with Gasteiger partial charge in [0, 0.05) is 17.0 Å². The number of carbonyl (C=O) groups is 1. The van der Waals surface area contributed by atoms with Crippen molar-refractivity contribution in [2.45, 2.75) is 6.42 Å². The van der Waals surface area contributed by atoms with Gasteiger partial charge in [-0.25, -0.2) is 9.79 Å². The zero-order chi connectivity index (χ0) is 10.4. The maximum absolute atomic E-state index is 11.4. The molecule has 0 saturated heterocycles. The Hall–Kier alpha value is -1.44. The number of isocyanates is 1. The van der Waals surface area contributed by atoms with Crippen molar-refractivity contribution in [2.75, 3.05) is 6.54 Å². The summed E-state index contributed by atoms with van der Waals surface area (Å²) in [6.07, 6.45) is 1.60. The van der Waals surface area contributed by atoms with Crippen LogP contribution in [0.2, 0.25) is 5.02 Å². The molecule has 0 aliphatic rings. The van der Waals surface area contributed by atoms with Gasteiger partial charge in [0.05, 0.1) is 6.54 Å². The second-order valence-electron chi connectivity index (χ2n) is 2.65. The highest BCUT2D eigenvalue weighted by Crippen LogP contribution is 2.10. The fraction of sp³-hybridized carbons (Fsp3) is 0.200. The molecule has 1 aromatic carbocycles. The normalized spacial score (nSPS) is 9.21. The summed E-state index contributed by atoms with van der Waals surface area (Å²) in [6.45, 7) is 0.185. The maximum Gasteiger partial charge on any atom is 0.234 e. The summed E-state index contributed by atoms with van der Waals surface area (Å²) in [6, 6.07) is 6.60. The van der Waals surface area contributed by atoms with Gasteiger partial charge in [0.25, 0.3) is 0 Å². The van der Waals surface area contributed by atoms with E-state index in [0.29, 0.717) is 10.6 Å². The summed E-state index contributed by atoms with van der Waals surface area (Å²) >= 11 is 5.66. The Morgan fingerprint density at radius 2 is 2.00 bits per heavy atom. The Morgan fingerprint density at radius 3 is 2.57 bits per heavy atom. The second kappa shape index (κ2) is 5.32. The largest absolute Gasteiger partial charge is 0.294 e. The highest BCUT2D eigenvalue weighted by Gasteiger charge is 2.04. The minimum absolute atomic E-state index is 0.0549. The molecule has 0 unspecified atom stereocenters. The number of rotatable bonds is 4. The molecular weight excluding hydrogens is 202 g/mol. The molecule has 0 radical (unpaired) electrons. The third-order valence-electron chi connectivity index (χ3n) is 1.68. The van der Waals surface area contributed by atoms with Gasteiger partial charge in [-0.05, 0) is 24.3 Å². The molecule has 0 heterocycles. The average Bonchev–Trinajstić information content (AvgIpc) is 2.19. The molecule has 0 aliphatic carbocycles. The minimum atomic E-state index is -0.0549. The molecular formula is C10H8ClNO2. The number of benzene rings is 1. The van der Waals surface area contributed by atoms with Crippen LogP contribution >= 0.6 is 11.6 Å². The highest BCUT2D eigenvalue weighted by atomic mass is 35.5. The fourth-order valence-electron chi connectivity index (χ4n) is 0.983. The summed E-state index contributed by atoms with van der Waals surface area (Å²) in [7, 11) is 0. The fourth-order valence-corrected chi connectivity index (χ4v) is 1.11. The number of aliphatic imine (C=N–C) groups is 1. The molecule has 0 amide bonds. The number of carbonyl (C=O) groups excluding carboxylic acids is 2. The standard InChI is InChI=1S/C10H8ClNO2/c11-9-3-1-8(2-4-9)10(14)5-6-12-7-13/h1-4H,5-6H2. The molecule has 1 aromatic rings. The number of hydrogen-bond acceptors (Lipinski definition) is 3. The van der Waals surface area contributed by atoms with Crippen LogP contribution in [0.3, 0.4) is 0 Å². The zero-order valence-corrected chi connectivity index (χ0v) is 8.12. The van der Waals surface area contributed by atoms with Gasteiger partial charge in [0.15, 0.2) is 5.78 Å². The van der Waals surface area contributed by atoms with Gasteiger partial charge in [-0.2, -0.15) is 0 Å². The lowest BCUT2D eigenvalue weighted by atomic mass is 10.1. The molecule has 4 heteroatoms. The van der Waals surface area contributed by atoms with Crippen molar-refractivity contribution in [3.05, 3.63) is 34.9 Å². The van der Waals surface area contributed by atoms with Gasteiger partial charge in [0.2, 0.25) is 6.08 Å². The quantitative estimate of drug-likeness (QED) is 0.434. The number of hydrogen-bond donors (Lipinski definition) is 0. The van der Waals surface area contributed by atoms with E-state index in [1.165, 1.54) is 6.08 Å². The van der Waals surface area contributed by atoms with Crippen LogP contribution in [0.25, 0.3) is 0 Å². The molecule has 0 spiro atoms. The first-order valence-corrected chi connectivity index (χ1v) is 4.44. The summed E-state index contributed by atoms with van der Waals surface area (Å²) in [4.78, 5) is 24.4. The van der Waals surface area contributed by atoms with Crippen LogP contribution in [-0.4, -0.2) is 18.4 Å². The molecule has 0 atom stereocenters. The summed E-state index contributed by atoms with van der Waals surface area (Å²) in [5, 5.41) is 0.590. The van der Waals surface area contributed by atoms with Crippen LogP contribution in [-0.2, 0) is 4.79 Å². The number of nitrogens with zero attached hydrogens (tertiary/aromatic N) is 1. The van der Waals surface area contributed by atoms with E-state index in [2.05, 4.69) is 4.99 Å². The van der Waals surface area contributed by atoms with Crippen molar-refractivity contribution in [1.29, 1.82) is 0 Å². The zero-order valence-electron chi connectivity index (χ0n) is 7.37. The molecule has 0 N–H and O–H groups in total. The Bertz CT molecular complexity index is 366. The lowest BCUT2D eigenvalue weighted by Gasteiger charge is -1.97. The first-order chi connectivity index (χ1) is 6.74. The van der Waals surface area contributed by atoms with Gasteiger partial charge < -0.3 is 0 Å². The summed E-state index contributed by atoms with van der Waals surface area (Å²) < 4.78 is 0. The first kappa shape index (κ1) is 10.6. The van der Waals surface area contributed by atoms with Crippen molar-refractivity contribution < 1.29 is 9.59 Å². The smallest absolute Gasteiger partial charge is 0.234 e. The van der Waals surface area contributed by atoms with Gasteiger partial charge >= 0.3 is 0 Å². The van der Waals surface area contributed by atoms with Crippen LogP contribution in [0.4, 0.5) is 0 Å². The van der Waals surface area contributed by atoms with Crippen molar-refractivity contribution in [1.82, 2.24) is 0 Å². The SMILES string of the molecule is O=C=NCCC(=O)c1ccc(Cl)cc1. The molecule has 3 nitrogen and oxygen atoms in total. The highest BCUT2D eigenvalue weighted by molar-refractivity contribution is 6.30. The number of ketones is 1. The van der Waals surface area contributed by atoms with Gasteiger partial charge in [-0.3, -0.25) is 4.79 Å². The van der Waals surface area contributed by atoms with E-state index in [0.717, 1.165) is 0 Å². The van der Waals surface area contributed by atoms with E-state index in [-0.39, 0.29) is 18.7 Å². The van der Waals surface area contributed by atoms with Crippen LogP contribution in [0.15, 0.2) is 29.3 Å². The third-order valence-corrected chi connectivity index (χ3v) is 1.93. The van der Waals surface area contributed by atoms with Gasteiger partial charge in [-0.1, -0.05) is 11.6 Å². The molecule has 1 rings (SSSR count). The molecule has 72 valence electrons. The Kier molecular flexibility index (Phi) is 4.05. The molecule has 0 saturated carbocycles. The van der Waals surface area contributed by atoms with Crippen LogP contribution in [0.5, 0.6) is 0 Å². The van der Waals surface area contributed by atoms with Crippen molar-refractivity contribution in [2.24, 2.45) is 4.99 Å². The van der Waals surface area contributed by atoms with E-state index in [1.807, 2.05) is 0 Å². The van der Waals surface area contributed by atoms with E-state index in [4.69, 9.17) is 11.6 Å². The predicted molar refractivity (Wildman–Crippen MR) is 53.4 cm³/mol. The van der Waals surface area contributed by atoms with Crippen LogP contribution < -0.4 is 0 Å². The van der Waals surface area contributed by atoms with E-state index in [1.54, 1.807) is 24.3 Å². The lowest BCUT2D eigenvalue weighted by molar-refractivity contribution is 0.0985. The van der Waals surface area contributed by atoms with E-state index < -0.39 is 0 Å². The molecule has 14 heavy (non-hydrogen) atoms. The summed E-state index contributed by atoms with van der Waals surface area (Å²) in [5.74, 6) is -0.0549. The number of halogens is 1. The molecule has 0 fully saturated rings. The Labute approximate surface area is 86.4 Å². The topological polar surface area (TPSA) is 46.5 Å². The van der Waals surface area contributed by atoms with Crippen LogP contribution in [0, 0.1) is 0 Å². The maximum atomic E-state index is 11.4. The number of Topliss-reactive ketones (excluding diaryl/α,β-unsaturated/α-hetero) is 1. The lowest BCUT2D eigenvalue weighted by Crippen LogP contribution is -2.00. The van der Waals surface area contributed by atoms with Crippen molar-refractivity contribution >= 4 is 23.5 Å². The monoisotopic (exact) mass is 209 g/mol.